The topological polar surface area (TPSA) is 61.9 Å². The number of thiophene rings is 1. The number of aryl methyl sites for hydroxylation is 1. The second-order valence-electron chi connectivity index (χ2n) is 8.35. The van der Waals surface area contributed by atoms with Crippen LogP contribution in [-0.4, -0.2) is 54.0 Å². The molecular formula is C25H35N3O3S. The zero-order valence-electron chi connectivity index (χ0n) is 19.6. The van der Waals surface area contributed by atoms with Gasteiger partial charge in [0.05, 0.1) is 6.04 Å². The van der Waals surface area contributed by atoms with Gasteiger partial charge in [-0.05, 0) is 61.7 Å². The number of hydrogen-bond acceptors (Lipinski definition) is 4. The number of amides is 3. The Morgan fingerprint density at radius 3 is 2.78 bits per heavy atom. The number of urea groups is 1. The van der Waals surface area contributed by atoms with E-state index in [1.54, 1.807) is 16.2 Å². The average molecular weight is 458 g/mol. The lowest BCUT2D eigenvalue weighted by molar-refractivity contribution is -0.135. The van der Waals surface area contributed by atoms with Crippen molar-refractivity contribution in [3.63, 3.8) is 0 Å². The molecule has 1 N–H and O–H groups in total. The molecule has 2 aromatic rings. The van der Waals surface area contributed by atoms with Gasteiger partial charge in [0.2, 0.25) is 5.91 Å². The predicted molar refractivity (Wildman–Crippen MR) is 129 cm³/mol. The lowest BCUT2D eigenvalue weighted by Crippen LogP contribution is -2.52. The van der Waals surface area contributed by atoms with Gasteiger partial charge in [0, 0.05) is 24.0 Å². The van der Waals surface area contributed by atoms with E-state index in [-0.39, 0.29) is 30.6 Å². The number of ether oxygens (including phenoxy) is 1. The first-order chi connectivity index (χ1) is 15.5. The number of carbonyl (C=O) groups is 2. The van der Waals surface area contributed by atoms with Crippen molar-refractivity contribution in [2.75, 3.05) is 26.2 Å². The van der Waals surface area contributed by atoms with Crippen LogP contribution in [0.2, 0.25) is 0 Å². The summed E-state index contributed by atoms with van der Waals surface area (Å²) in [4.78, 5) is 31.1. The van der Waals surface area contributed by atoms with E-state index in [4.69, 9.17) is 4.74 Å². The molecule has 0 bridgehead atoms. The third-order valence-corrected chi connectivity index (χ3v) is 7.12. The molecule has 2 atom stereocenters. The summed E-state index contributed by atoms with van der Waals surface area (Å²) < 4.78 is 6.17. The van der Waals surface area contributed by atoms with Crippen LogP contribution in [0, 0.1) is 6.92 Å². The van der Waals surface area contributed by atoms with Gasteiger partial charge in [-0.3, -0.25) is 4.79 Å². The van der Waals surface area contributed by atoms with Crippen molar-refractivity contribution in [3.8, 4) is 5.75 Å². The van der Waals surface area contributed by atoms with Crippen LogP contribution in [0.5, 0.6) is 5.75 Å². The Morgan fingerprint density at radius 2 is 2.06 bits per heavy atom. The minimum absolute atomic E-state index is 0.0148. The second kappa shape index (κ2) is 11.4. The number of fused-ring (bicyclic) bond motifs is 1. The molecule has 32 heavy (non-hydrogen) atoms. The Morgan fingerprint density at radius 1 is 1.28 bits per heavy atom. The smallest absolute Gasteiger partial charge is 0.318 e. The van der Waals surface area contributed by atoms with Crippen molar-refractivity contribution in [2.45, 2.75) is 59.0 Å². The molecule has 7 heteroatoms. The van der Waals surface area contributed by atoms with Crippen LogP contribution in [0.1, 0.15) is 55.7 Å². The summed E-state index contributed by atoms with van der Waals surface area (Å²) in [5.74, 6) is 0.801. The SMILES string of the molecule is CCCNC(=O)N(CC(=O)N1CCc2sccc2[C@H]1COc1ccccc1C)[C@H](C)CC. The molecule has 174 valence electrons. The van der Waals surface area contributed by atoms with Gasteiger partial charge in [0.25, 0.3) is 0 Å². The quantitative estimate of drug-likeness (QED) is 0.589. The largest absolute Gasteiger partial charge is 0.491 e. The number of nitrogens with one attached hydrogen (secondary N) is 1. The fourth-order valence-electron chi connectivity index (χ4n) is 3.98. The van der Waals surface area contributed by atoms with E-state index in [1.807, 2.05) is 56.9 Å². The summed E-state index contributed by atoms with van der Waals surface area (Å²) in [6.45, 7) is 9.78. The monoisotopic (exact) mass is 457 g/mol. The van der Waals surface area contributed by atoms with Crippen LogP contribution in [0.3, 0.4) is 0 Å². The van der Waals surface area contributed by atoms with E-state index in [1.165, 1.54) is 4.88 Å². The molecule has 0 saturated heterocycles. The summed E-state index contributed by atoms with van der Waals surface area (Å²) in [5.41, 5.74) is 2.23. The molecule has 2 heterocycles. The molecule has 0 unspecified atom stereocenters. The minimum Gasteiger partial charge on any atom is -0.491 e. The number of hydrogen-bond donors (Lipinski definition) is 1. The van der Waals surface area contributed by atoms with Crippen LogP contribution >= 0.6 is 11.3 Å². The fourth-order valence-corrected chi connectivity index (χ4v) is 4.91. The van der Waals surface area contributed by atoms with Gasteiger partial charge < -0.3 is 19.9 Å². The zero-order chi connectivity index (χ0) is 23.1. The van der Waals surface area contributed by atoms with E-state index in [2.05, 4.69) is 16.8 Å². The third-order valence-electron chi connectivity index (χ3n) is 6.12. The van der Waals surface area contributed by atoms with Gasteiger partial charge in [-0.25, -0.2) is 4.79 Å². The van der Waals surface area contributed by atoms with Crippen molar-refractivity contribution in [2.24, 2.45) is 0 Å². The molecule has 0 saturated carbocycles. The number of para-hydroxylation sites is 1. The number of rotatable bonds is 9. The summed E-state index contributed by atoms with van der Waals surface area (Å²) in [7, 11) is 0. The summed E-state index contributed by atoms with van der Waals surface area (Å²) in [6, 6.07) is 9.69. The Balaban J connectivity index is 1.77. The van der Waals surface area contributed by atoms with Crippen molar-refractivity contribution < 1.29 is 14.3 Å². The number of nitrogens with zero attached hydrogens (tertiary/aromatic N) is 2. The first kappa shape index (κ1) is 24.1. The van der Waals surface area contributed by atoms with Gasteiger partial charge in [0.15, 0.2) is 0 Å². The Kier molecular flexibility index (Phi) is 8.56. The van der Waals surface area contributed by atoms with Gasteiger partial charge >= 0.3 is 6.03 Å². The zero-order valence-corrected chi connectivity index (χ0v) is 20.4. The highest BCUT2D eigenvalue weighted by Crippen LogP contribution is 2.34. The van der Waals surface area contributed by atoms with Crippen LogP contribution < -0.4 is 10.1 Å². The molecule has 1 aromatic heterocycles. The fraction of sp³-hybridized carbons (Fsp3) is 0.520. The normalized spacial score (nSPS) is 16.2. The molecular weight excluding hydrogens is 422 g/mol. The predicted octanol–water partition coefficient (Wildman–Crippen LogP) is 4.78. The van der Waals surface area contributed by atoms with Crippen LogP contribution in [0.15, 0.2) is 35.7 Å². The molecule has 3 rings (SSSR count). The highest BCUT2D eigenvalue weighted by molar-refractivity contribution is 7.10. The van der Waals surface area contributed by atoms with Gasteiger partial charge in [-0.1, -0.05) is 32.0 Å². The molecule has 0 radical (unpaired) electrons. The first-order valence-electron chi connectivity index (χ1n) is 11.5. The maximum absolute atomic E-state index is 13.5. The molecule has 3 amide bonds. The van der Waals surface area contributed by atoms with Gasteiger partial charge in [-0.15, -0.1) is 11.3 Å². The van der Waals surface area contributed by atoms with E-state index in [0.717, 1.165) is 36.1 Å². The summed E-state index contributed by atoms with van der Waals surface area (Å²) in [6.07, 6.45) is 2.49. The third kappa shape index (κ3) is 5.63. The Labute approximate surface area is 195 Å². The van der Waals surface area contributed by atoms with Crippen LogP contribution in [-0.2, 0) is 11.2 Å². The highest BCUT2D eigenvalue weighted by atomic mass is 32.1. The summed E-state index contributed by atoms with van der Waals surface area (Å²) in [5, 5.41) is 5.01. The Hall–Kier alpha value is -2.54. The summed E-state index contributed by atoms with van der Waals surface area (Å²) >= 11 is 1.74. The second-order valence-corrected chi connectivity index (χ2v) is 9.35. The Bertz CT molecular complexity index is 913. The highest BCUT2D eigenvalue weighted by Gasteiger charge is 2.34. The van der Waals surface area contributed by atoms with E-state index >= 15 is 0 Å². The minimum atomic E-state index is -0.171. The van der Waals surface area contributed by atoms with Crippen molar-refractivity contribution in [1.29, 1.82) is 0 Å². The van der Waals surface area contributed by atoms with E-state index in [0.29, 0.717) is 19.7 Å². The number of carbonyl (C=O) groups excluding carboxylic acids is 2. The lowest BCUT2D eigenvalue weighted by atomic mass is 10.00. The van der Waals surface area contributed by atoms with Crippen molar-refractivity contribution in [3.05, 3.63) is 51.7 Å². The molecule has 0 spiro atoms. The molecule has 1 aromatic carbocycles. The van der Waals surface area contributed by atoms with Crippen molar-refractivity contribution >= 4 is 23.3 Å². The van der Waals surface area contributed by atoms with Crippen LogP contribution in [0.25, 0.3) is 0 Å². The van der Waals surface area contributed by atoms with Crippen molar-refractivity contribution in [1.82, 2.24) is 15.1 Å². The lowest BCUT2D eigenvalue weighted by Gasteiger charge is -2.38. The standard InChI is InChI=1S/C25H35N3O3S/c1-5-13-26-25(30)28(19(4)6-2)16-24(29)27-14-11-23-20(12-15-32-23)21(27)17-31-22-10-8-7-9-18(22)3/h7-10,12,15,19,21H,5-6,11,13-14,16-17H2,1-4H3,(H,26,30)/t19-,21-/m1/s1. The van der Waals surface area contributed by atoms with Crippen LogP contribution in [0.4, 0.5) is 4.79 Å². The molecule has 1 aliphatic rings. The van der Waals surface area contributed by atoms with Gasteiger partial charge in [-0.2, -0.15) is 0 Å². The average Bonchev–Trinajstić information content (AvgIpc) is 3.28. The first-order valence-corrected chi connectivity index (χ1v) is 12.4. The van der Waals surface area contributed by atoms with E-state index in [9.17, 15) is 9.59 Å². The maximum atomic E-state index is 13.5. The molecule has 0 fully saturated rings. The van der Waals surface area contributed by atoms with Gasteiger partial charge in [0.1, 0.15) is 18.9 Å². The molecule has 0 aliphatic carbocycles. The number of benzene rings is 1. The molecule has 6 nitrogen and oxygen atoms in total. The maximum Gasteiger partial charge on any atom is 0.318 e. The van der Waals surface area contributed by atoms with E-state index < -0.39 is 0 Å². The molecule has 1 aliphatic heterocycles.